The summed E-state index contributed by atoms with van der Waals surface area (Å²) in [5.74, 6) is 1.78. The lowest BCUT2D eigenvalue weighted by molar-refractivity contribution is -0.384. The average Bonchev–Trinajstić information content (AvgIpc) is 2.69. The van der Waals surface area contributed by atoms with Gasteiger partial charge >= 0.3 is 5.69 Å². The molecule has 1 saturated carbocycles. The second-order valence-electron chi connectivity index (χ2n) is 7.85. The van der Waals surface area contributed by atoms with Crippen LogP contribution in [0.1, 0.15) is 25.7 Å². The third kappa shape index (κ3) is 6.27. The highest BCUT2D eigenvalue weighted by Gasteiger charge is 2.23. The molecule has 0 unspecified atom stereocenters. The van der Waals surface area contributed by atoms with Crippen LogP contribution in [0, 0.1) is 22.0 Å². The Bertz CT molecular complexity index is 822. The van der Waals surface area contributed by atoms with Crippen molar-refractivity contribution in [1.82, 2.24) is 14.9 Å². The van der Waals surface area contributed by atoms with E-state index < -0.39 is 4.92 Å². The summed E-state index contributed by atoms with van der Waals surface area (Å²) < 4.78 is 0. The molecule has 8 nitrogen and oxygen atoms in total. The van der Waals surface area contributed by atoms with Gasteiger partial charge in [-0.3, -0.25) is 10.1 Å². The summed E-state index contributed by atoms with van der Waals surface area (Å²) >= 11 is 5.90. The fourth-order valence-electron chi connectivity index (χ4n) is 3.74. The molecule has 29 heavy (non-hydrogen) atoms. The predicted octanol–water partition coefficient (Wildman–Crippen LogP) is 4.56. The van der Waals surface area contributed by atoms with Crippen LogP contribution in [0.4, 0.5) is 23.1 Å². The van der Waals surface area contributed by atoms with Crippen LogP contribution in [-0.2, 0) is 0 Å². The van der Waals surface area contributed by atoms with Gasteiger partial charge in [-0.1, -0.05) is 11.6 Å². The first kappa shape index (κ1) is 21.3. The molecule has 1 aliphatic rings. The second kappa shape index (κ2) is 9.84. The molecule has 1 aromatic carbocycles. The van der Waals surface area contributed by atoms with Crippen molar-refractivity contribution in [2.24, 2.45) is 11.8 Å². The van der Waals surface area contributed by atoms with E-state index >= 15 is 0 Å². The number of halogens is 1. The fourth-order valence-corrected chi connectivity index (χ4v) is 3.86. The van der Waals surface area contributed by atoms with E-state index in [2.05, 4.69) is 39.6 Å². The van der Waals surface area contributed by atoms with Gasteiger partial charge in [0, 0.05) is 23.8 Å². The van der Waals surface area contributed by atoms with Gasteiger partial charge in [0.15, 0.2) is 0 Å². The van der Waals surface area contributed by atoms with Crippen molar-refractivity contribution < 1.29 is 4.92 Å². The number of nitro groups is 1. The Hall–Kier alpha value is -2.45. The fraction of sp³-hybridized carbons (Fsp3) is 0.500. The summed E-state index contributed by atoms with van der Waals surface area (Å²) in [7, 11) is 4.22. The molecule has 1 heterocycles. The van der Waals surface area contributed by atoms with Gasteiger partial charge < -0.3 is 15.5 Å². The van der Waals surface area contributed by atoms with Gasteiger partial charge in [-0.05, 0) is 75.9 Å². The van der Waals surface area contributed by atoms with E-state index in [1.807, 2.05) is 0 Å². The van der Waals surface area contributed by atoms with Crippen molar-refractivity contribution >= 4 is 34.7 Å². The lowest BCUT2D eigenvalue weighted by atomic mass is 9.82. The van der Waals surface area contributed by atoms with E-state index in [0.29, 0.717) is 23.4 Å². The summed E-state index contributed by atoms with van der Waals surface area (Å²) in [5.41, 5.74) is 0.640. The molecule has 0 bridgehead atoms. The van der Waals surface area contributed by atoms with E-state index in [1.165, 1.54) is 19.0 Å². The minimum atomic E-state index is -0.456. The zero-order valence-electron chi connectivity index (χ0n) is 16.8. The Morgan fingerprint density at radius 3 is 2.45 bits per heavy atom. The van der Waals surface area contributed by atoms with Gasteiger partial charge in [-0.25, -0.2) is 4.98 Å². The Kier molecular flexibility index (Phi) is 7.22. The molecule has 3 rings (SSSR count). The van der Waals surface area contributed by atoms with E-state index in [0.717, 1.165) is 31.0 Å². The SMILES string of the molecule is CN(C)CC1CCC(CNc2nc(Nc3ccc(Cl)cc3)ncc2[N+](=O)[O-])CC1. The van der Waals surface area contributed by atoms with Crippen LogP contribution in [0.25, 0.3) is 0 Å². The molecule has 156 valence electrons. The first-order chi connectivity index (χ1) is 13.9. The lowest BCUT2D eigenvalue weighted by Gasteiger charge is -2.30. The largest absolute Gasteiger partial charge is 0.364 e. The molecule has 1 fully saturated rings. The molecule has 1 aliphatic carbocycles. The first-order valence-electron chi connectivity index (χ1n) is 9.83. The summed E-state index contributed by atoms with van der Waals surface area (Å²) in [5, 5.41) is 18.2. The molecule has 1 aromatic heterocycles. The van der Waals surface area contributed by atoms with Crippen LogP contribution < -0.4 is 10.6 Å². The van der Waals surface area contributed by atoms with E-state index in [1.54, 1.807) is 24.3 Å². The van der Waals surface area contributed by atoms with Crippen LogP contribution in [-0.4, -0.2) is 47.0 Å². The van der Waals surface area contributed by atoms with Gasteiger partial charge in [0.2, 0.25) is 11.8 Å². The Balaban J connectivity index is 1.62. The Labute approximate surface area is 175 Å². The van der Waals surface area contributed by atoms with Crippen molar-refractivity contribution in [2.45, 2.75) is 25.7 Å². The van der Waals surface area contributed by atoms with Gasteiger partial charge in [0.05, 0.1) is 4.92 Å². The first-order valence-corrected chi connectivity index (χ1v) is 10.2. The standard InChI is InChI=1S/C20H27ClN6O2/c1-26(2)13-15-5-3-14(4-6-15)11-22-19-18(27(28)29)12-23-20(25-19)24-17-9-7-16(21)8-10-17/h7-10,12,14-15H,3-6,11,13H2,1-2H3,(H2,22,23,24,25). The second-order valence-corrected chi connectivity index (χ2v) is 8.28. The number of hydrogen-bond acceptors (Lipinski definition) is 7. The number of benzene rings is 1. The highest BCUT2D eigenvalue weighted by atomic mass is 35.5. The smallest absolute Gasteiger partial charge is 0.329 e. The van der Waals surface area contributed by atoms with Crippen LogP contribution in [0.3, 0.4) is 0 Å². The average molecular weight is 419 g/mol. The maximum atomic E-state index is 11.4. The van der Waals surface area contributed by atoms with Gasteiger partial charge in [0.1, 0.15) is 6.20 Å². The van der Waals surface area contributed by atoms with E-state index in [9.17, 15) is 10.1 Å². The van der Waals surface area contributed by atoms with Crippen molar-refractivity contribution in [3.8, 4) is 0 Å². The van der Waals surface area contributed by atoms with E-state index in [4.69, 9.17) is 11.6 Å². The summed E-state index contributed by atoms with van der Waals surface area (Å²) in [6.07, 6.45) is 5.88. The summed E-state index contributed by atoms with van der Waals surface area (Å²) in [6.45, 7) is 1.80. The summed E-state index contributed by atoms with van der Waals surface area (Å²) in [4.78, 5) is 21.6. The maximum Gasteiger partial charge on any atom is 0.329 e. The summed E-state index contributed by atoms with van der Waals surface area (Å²) in [6, 6.07) is 7.10. The molecular weight excluding hydrogens is 392 g/mol. The number of anilines is 3. The third-order valence-electron chi connectivity index (χ3n) is 5.21. The third-order valence-corrected chi connectivity index (χ3v) is 5.47. The number of rotatable bonds is 8. The lowest BCUT2D eigenvalue weighted by Crippen LogP contribution is -2.28. The Morgan fingerprint density at radius 1 is 1.17 bits per heavy atom. The monoisotopic (exact) mass is 418 g/mol. The van der Waals surface area contributed by atoms with Gasteiger partial charge in [0.25, 0.3) is 0 Å². The molecule has 0 amide bonds. The highest BCUT2D eigenvalue weighted by molar-refractivity contribution is 6.30. The van der Waals surface area contributed by atoms with Crippen molar-refractivity contribution in [2.75, 3.05) is 37.8 Å². The molecule has 0 atom stereocenters. The quantitative estimate of drug-likeness (QED) is 0.479. The van der Waals surface area contributed by atoms with Gasteiger partial charge in [-0.2, -0.15) is 4.98 Å². The molecule has 0 radical (unpaired) electrons. The molecule has 2 aromatic rings. The van der Waals surface area contributed by atoms with Crippen LogP contribution in [0.15, 0.2) is 30.5 Å². The molecule has 0 aliphatic heterocycles. The number of nitrogens with one attached hydrogen (secondary N) is 2. The predicted molar refractivity (Wildman–Crippen MR) is 116 cm³/mol. The van der Waals surface area contributed by atoms with Crippen LogP contribution >= 0.6 is 11.6 Å². The van der Waals surface area contributed by atoms with Crippen LogP contribution in [0.5, 0.6) is 0 Å². The molecule has 0 saturated heterocycles. The number of aromatic nitrogens is 2. The molecule has 2 N–H and O–H groups in total. The highest BCUT2D eigenvalue weighted by Crippen LogP contribution is 2.30. The zero-order valence-corrected chi connectivity index (χ0v) is 17.5. The van der Waals surface area contributed by atoms with E-state index in [-0.39, 0.29) is 11.5 Å². The molecule has 0 spiro atoms. The van der Waals surface area contributed by atoms with Crippen LogP contribution in [0.2, 0.25) is 5.02 Å². The van der Waals surface area contributed by atoms with Gasteiger partial charge in [-0.15, -0.1) is 0 Å². The number of hydrogen-bond donors (Lipinski definition) is 2. The van der Waals surface area contributed by atoms with Crippen molar-refractivity contribution in [3.05, 3.63) is 45.6 Å². The minimum absolute atomic E-state index is 0.118. The normalized spacial score (nSPS) is 19.2. The zero-order chi connectivity index (χ0) is 20.8. The molecular formula is C20H27ClN6O2. The van der Waals surface area contributed by atoms with Crippen molar-refractivity contribution in [3.63, 3.8) is 0 Å². The van der Waals surface area contributed by atoms with Crippen molar-refractivity contribution in [1.29, 1.82) is 0 Å². The molecule has 9 heteroatoms. The topological polar surface area (TPSA) is 96.2 Å². The Morgan fingerprint density at radius 2 is 1.83 bits per heavy atom. The minimum Gasteiger partial charge on any atom is -0.364 e. The maximum absolute atomic E-state index is 11.4. The number of nitrogens with zero attached hydrogens (tertiary/aromatic N) is 4.